The Bertz CT molecular complexity index is 487. The van der Waals surface area contributed by atoms with Gasteiger partial charge in [0.2, 0.25) is 0 Å². The number of carbonyl (C=O) groups is 1. The summed E-state index contributed by atoms with van der Waals surface area (Å²) >= 11 is 0. The van der Waals surface area contributed by atoms with Gasteiger partial charge in [0.05, 0.1) is 6.10 Å². The molecule has 0 saturated carbocycles. The van der Waals surface area contributed by atoms with Crippen molar-refractivity contribution in [3.63, 3.8) is 0 Å². The second-order valence-corrected chi connectivity index (χ2v) is 5.57. The molecule has 0 spiro atoms. The van der Waals surface area contributed by atoms with Crippen LogP contribution >= 0.6 is 0 Å². The second kappa shape index (κ2) is 6.27. The molecule has 1 aliphatic heterocycles. The highest BCUT2D eigenvalue weighted by atomic mass is 16.5. The molecule has 110 valence electrons. The van der Waals surface area contributed by atoms with Crippen LogP contribution in [0.25, 0.3) is 0 Å². The Labute approximate surface area is 121 Å². The molecule has 2 unspecified atom stereocenters. The molecule has 0 bridgehead atoms. The first-order chi connectivity index (χ1) is 9.56. The molecule has 1 fully saturated rings. The number of nitrogens with zero attached hydrogens (tertiary/aromatic N) is 1. The Morgan fingerprint density at radius 1 is 1.45 bits per heavy atom. The van der Waals surface area contributed by atoms with Crippen molar-refractivity contribution in [3.8, 4) is 0 Å². The van der Waals surface area contributed by atoms with Crippen LogP contribution in [-0.4, -0.2) is 44.2 Å². The number of hydrogen-bond acceptors (Lipinski definition) is 3. The highest BCUT2D eigenvalue weighted by Gasteiger charge is 2.29. The first kappa shape index (κ1) is 14.9. The summed E-state index contributed by atoms with van der Waals surface area (Å²) in [6, 6.07) is 5.86. The van der Waals surface area contributed by atoms with E-state index in [-0.39, 0.29) is 12.0 Å². The number of ether oxygens (including phenoxy) is 1. The number of likely N-dealkylation sites (tertiary alicyclic amines) is 1. The highest BCUT2D eigenvalue weighted by Crippen LogP contribution is 2.23. The maximum absolute atomic E-state index is 12.6. The van der Waals surface area contributed by atoms with Gasteiger partial charge in [0.15, 0.2) is 0 Å². The van der Waals surface area contributed by atoms with E-state index in [1.165, 1.54) is 0 Å². The van der Waals surface area contributed by atoms with Crippen LogP contribution in [0.5, 0.6) is 0 Å². The fourth-order valence-corrected chi connectivity index (χ4v) is 2.75. The third-order valence-corrected chi connectivity index (χ3v) is 4.22. The molecule has 4 heteroatoms. The van der Waals surface area contributed by atoms with Gasteiger partial charge in [-0.1, -0.05) is 6.92 Å². The average Bonchev–Trinajstić information content (AvgIpc) is 2.47. The number of amides is 1. The fraction of sp³-hybridized carbons (Fsp3) is 0.562. The van der Waals surface area contributed by atoms with Crippen LogP contribution in [0.3, 0.4) is 0 Å². The van der Waals surface area contributed by atoms with Gasteiger partial charge in [-0.15, -0.1) is 0 Å². The van der Waals surface area contributed by atoms with Gasteiger partial charge in [0, 0.05) is 38.5 Å². The third-order valence-electron chi connectivity index (χ3n) is 4.22. The number of aryl methyl sites for hydroxylation is 1. The number of carbonyl (C=O) groups excluding carboxylic acids is 1. The third kappa shape index (κ3) is 2.96. The summed E-state index contributed by atoms with van der Waals surface area (Å²) in [4.78, 5) is 14.6. The quantitative estimate of drug-likeness (QED) is 0.922. The Morgan fingerprint density at radius 3 is 2.80 bits per heavy atom. The normalized spacial score (nSPS) is 22.7. The molecule has 20 heavy (non-hydrogen) atoms. The minimum Gasteiger partial charge on any atom is -0.388 e. The van der Waals surface area contributed by atoms with E-state index in [1.807, 2.05) is 37.1 Å². The maximum atomic E-state index is 12.6. The Kier molecular flexibility index (Phi) is 4.65. The van der Waals surface area contributed by atoms with Gasteiger partial charge in [0.1, 0.15) is 0 Å². The van der Waals surface area contributed by atoms with Crippen molar-refractivity contribution in [2.45, 2.75) is 26.4 Å². The zero-order chi connectivity index (χ0) is 14.7. The largest absolute Gasteiger partial charge is 0.388 e. The standard InChI is InChI=1S/C16H24N2O2/c1-11-7-8-18(10-15(11)20-4)16(19)14-6-5-13(17-3)9-12(14)2/h5-6,9,11,15,17H,7-8,10H2,1-4H3. The topological polar surface area (TPSA) is 41.6 Å². The lowest BCUT2D eigenvalue weighted by Gasteiger charge is -2.36. The highest BCUT2D eigenvalue weighted by molar-refractivity contribution is 5.96. The van der Waals surface area contributed by atoms with E-state index in [0.29, 0.717) is 12.5 Å². The second-order valence-electron chi connectivity index (χ2n) is 5.57. The van der Waals surface area contributed by atoms with E-state index in [0.717, 1.165) is 29.8 Å². The lowest BCUT2D eigenvalue weighted by atomic mass is 9.95. The monoisotopic (exact) mass is 276 g/mol. The molecule has 1 aliphatic rings. The number of methoxy groups -OCH3 is 1. The molecular formula is C16H24N2O2. The predicted octanol–water partition coefficient (Wildman–Crippen LogP) is 2.53. The van der Waals surface area contributed by atoms with Crippen LogP contribution in [0.1, 0.15) is 29.3 Å². The summed E-state index contributed by atoms with van der Waals surface area (Å²) in [6.07, 6.45) is 1.14. The summed E-state index contributed by atoms with van der Waals surface area (Å²) in [5, 5.41) is 3.09. The van der Waals surface area contributed by atoms with Gasteiger partial charge >= 0.3 is 0 Å². The van der Waals surface area contributed by atoms with Gasteiger partial charge in [-0.05, 0) is 43.0 Å². The van der Waals surface area contributed by atoms with Crippen molar-refractivity contribution in [2.75, 3.05) is 32.6 Å². The van der Waals surface area contributed by atoms with E-state index in [1.54, 1.807) is 7.11 Å². The van der Waals surface area contributed by atoms with Crippen LogP contribution in [0.15, 0.2) is 18.2 Å². The molecule has 1 saturated heterocycles. The number of nitrogens with one attached hydrogen (secondary N) is 1. The molecule has 4 nitrogen and oxygen atoms in total. The van der Waals surface area contributed by atoms with Gasteiger partial charge < -0.3 is 15.0 Å². The summed E-state index contributed by atoms with van der Waals surface area (Å²) in [6.45, 7) is 5.66. The fourth-order valence-electron chi connectivity index (χ4n) is 2.75. The predicted molar refractivity (Wildman–Crippen MR) is 81.2 cm³/mol. The molecule has 1 heterocycles. The number of benzene rings is 1. The van der Waals surface area contributed by atoms with Gasteiger partial charge in [0.25, 0.3) is 5.91 Å². The summed E-state index contributed by atoms with van der Waals surface area (Å²) in [5.74, 6) is 0.621. The number of piperidine rings is 1. The van der Waals surface area contributed by atoms with Gasteiger partial charge in [-0.3, -0.25) is 4.79 Å². The van der Waals surface area contributed by atoms with E-state index in [4.69, 9.17) is 4.74 Å². The smallest absolute Gasteiger partial charge is 0.254 e. The maximum Gasteiger partial charge on any atom is 0.254 e. The first-order valence-corrected chi connectivity index (χ1v) is 7.17. The van der Waals surface area contributed by atoms with Crippen molar-refractivity contribution in [1.29, 1.82) is 0 Å². The van der Waals surface area contributed by atoms with Crippen LogP contribution in [-0.2, 0) is 4.74 Å². The molecule has 1 aromatic carbocycles. The molecular weight excluding hydrogens is 252 g/mol. The van der Waals surface area contributed by atoms with Crippen molar-refractivity contribution >= 4 is 11.6 Å². The van der Waals surface area contributed by atoms with E-state index < -0.39 is 0 Å². The Morgan fingerprint density at radius 2 is 2.20 bits per heavy atom. The number of anilines is 1. The molecule has 0 aromatic heterocycles. The van der Waals surface area contributed by atoms with Crippen molar-refractivity contribution in [1.82, 2.24) is 4.90 Å². The Balaban J connectivity index is 2.15. The van der Waals surface area contributed by atoms with Gasteiger partial charge in [-0.25, -0.2) is 0 Å². The number of rotatable bonds is 3. The molecule has 1 aromatic rings. The van der Waals surface area contributed by atoms with Crippen LogP contribution in [0, 0.1) is 12.8 Å². The number of hydrogen-bond donors (Lipinski definition) is 1. The summed E-state index contributed by atoms with van der Waals surface area (Å²) in [5.41, 5.74) is 2.82. The van der Waals surface area contributed by atoms with E-state index in [2.05, 4.69) is 12.2 Å². The molecule has 0 radical (unpaired) electrons. The van der Waals surface area contributed by atoms with Crippen LogP contribution < -0.4 is 5.32 Å². The zero-order valence-electron chi connectivity index (χ0n) is 12.8. The summed E-state index contributed by atoms with van der Waals surface area (Å²) in [7, 11) is 3.60. The minimum absolute atomic E-state index is 0.110. The van der Waals surface area contributed by atoms with Crippen molar-refractivity contribution < 1.29 is 9.53 Å². The molecule has 2 atom stereocenters. The molecule has 1 N–H and O–H groups in total. The Hall–Kier alpha value is -1.55. The molecule has 2 rings (SSSR count). The van der Waals surface area contributed by atoms with Crippen molar-refractivity contribution in [2.24, 2.45) is 5.92 Å². The molecule has 0 aliphatic carbocycles. The lowest BCUT2D eigenvalue weighted by molar-refractivity contribution is -0.00159. The van der Waals surface area contributed by atoms with Crippen molar-refractivity contribution in [3.05, 3.63) is 29.3 Å². The zero-order valence-corrected chi connectivity index (χ0v) is 12.8. The van der Waals surface area contributed by atoms with Gasteiger partial charge in [-0.2, -0.15) is 0 Å². The molecule has 1 amide bonds. The average molecular weight is 276 g/mol. The SMILES string of the molecule is CNc1ccc(C(=O)N2CCC(C)C(OC)C2)c(C)c1. The van der Waals surface area contributed by atoms with Crippen LogP contribution in [0.4, 0.5) is 5.69 Å². The first-order valence-electron chi connectivity index (χ1n) is 7.17. The minimum atomic E-state index is 0.110. The van der Waals surface area contributed by atoms with Crippen LogP contribution in [0.2, 0.25) is 0 Å². The lowest BCUT2D eigenvalue weighted by Crippen LogP contribution is -2.46. The van der Waals surface area contributed by atoms with E-state index in [9.17, 15) is 4.79 Å². The summed E-state index contributed by atoms with van der Waals surface area (Å²) < 4.78 is 5.48. The van der Waals surface area contributed by atoms with E-state index >= 15 is 0 Å².